The number of anilines is 1. The van der Waals surface area contributed by atoms with E-state index in [1.807, 2.05) is 25.1 Å². The maximum absolute atomic E-state index is 11.8. The minimum absolute atomic E-state index is 0. The van der Waals surface area contributed by atoms with Gasteiger partial charge in [-0.2, -0.15) is 0 Å². The topological polar surface area (TPSA) is 85.8 Å². The first kappa shape index (κ1) is 25.7. The molecule has 10 heteroatoms. The lowest BCUT2D eigenvalue weighted by Gasteiger charge is -2.20. The fourth-order valence-corrected chi connectivity index (χ4v) is 4.28. The van der Waals surface area contributed by atoms with Gasteiger partial charge in [0.15, 0.2) is 5.96 Å². The van der Waals surface area contributed by atoms with Gasteiger partial charge in [0.05, 0.1) is 11.4 Å². The Balaban J connectivity index is 0.00000341. The van der Waals surface area contributed by atoms with Crippen LogP contribution in [0, 0.1) is 0 Å². The van der Waals surface area contributed by atoms with Crippen molar-refractivity contribution in [3.05, 3.63) is 59.1 Å². The Morgan fingerprint density at radius 2 is 1.97 bits per heavy atom. The zero-order valence-electron chi connectivity index (χ0n) is 17.6. The van der Waals surface area contributed by atoms with E-state index in [0.29, 0.717) is 6.54 Å². The van der Waals surface area contributed by atoms with Crippen LogP contribution in [0.25, 0.3) is 0 Å². The van der Waals surface area contributed by atoms with Gasteiger partial charge in [-0.1, -0.05) is 29.8 Å². The summed E-state index contributed by atoms with van der Waals surface area (Å²) in [4.78, 5) is 7.22. The van der Waals surface area contributed by atoms with Crippen molar-refractivity contribution in [3.8, 4) is 0 Å². The third-order valence-electron chi connectivity index (χ3n) is 4.97. The number of sulfonamides is 1. The molecule has 7 nitrogen and oxygen atoms in total. The molecule has 1 aliphatic rings. The second-order valence-electron chi connectivity index (χ2n) is 7.10. The number of halogens is 2. The van der Waals surface area contributed by atoms with Gasteiger partial charge < -0.3 is 15.5 Å². The van der Waals surface area contributed by atoms with Crippen molar-refractivity contribution in [1.29, 1.82) is 0 Å². The lowest BCUT2D eigenvalue weighted by molar-refractivity contribution is 0.588. The van der Waals surface area contributed by atoms with E-state index in [0.717, 1.165) is 48.3 Å². The first-order chi connectivity index (χ1) is 14.4. The molecule has 31 heavy (non-hydrogen) atoms. The van der Waals surface area contributed by atoms with Crippen molar-refractivity contribution in [2.24, 2.45) is 4.99 Å². The first-order valence-electron chi connectivity index (χ1n) is 9.99. The fraction of sp³-hybridized carbons (Fsp3) is 0.381. The molecule has 1 atom stereocenters. The van der Waals surface area contributed by atoms with E-state index >= 15 is 0 Å². The highest BCUT2D eigenvalue weighted by Crippen LogP contribution is 2.23. The summed E-state index contributed by atoms with van der Waals surface area (Å²) >= 11 is 6.12. The third kappa shape index (κ3) is 7.23. The molecule has 0 spiro atoms. The minimum Gasteiger partial charge on any atom is -0.369 e. The van der Waals surface area contributed by atoms with Crippen LogP contribution < -0.4 is 20.3 Å². The van der Waals surface area contributed by atoms with E-state index in [1.165, 1.54) is 7.05 Å². The maximum Gasteiger partial charge on any atom is 0.240 e. The smallest absolute Gasteiger partial charge is 0.240 e. The first-order valence-corrected chi connectivity index (χ1v) is 11.8. The molecule has 0 aromatic heterocycles. The predicted octanol–water partition coefficient (Wildman–Crippen LogP) is 3.20. The Hall–Kier alpha value is -1.56. The molecule has 1 heterocycles. The highest BCUT2D eigenvalue weighted by Gasteiger charge is 2.23. The Labute approximate surface area is 206 Å². The van der Waals surface area contributed by atoms with Crippen LogP contribution in [0.3, 0.4) is 0 Å². The van der Waals surface area contributed by atoms with Crippen LogP contribution >= 0.6 is 35.6 Å². The molecular formula is C21H29ClIN5O2S. The molecule has 3 N–H and O–H groups in total. The fourth-order valence-electron chi connectivity index (χ4n) is 3.36. The van der Waals surface area contributed by atoms with E-state index in [9.17, 15) is 8.42 Å². The number of aliphatic imine (C=N–C) groups is 1. The predicted molar refractivity (Wildman–Crippen MR) is 138 cm³/mol. The summed E-state index contributed by atoms with van der Waals surface area (Å²) in [5.74, 6) is 0.752. The number of rotatable bonds is 7. The van der Waals surface area contributed by atoms with Crippen molar-refractivity contribution >= 4 is 57.2 Å². The van der Waals surface area contributed by atoms with Gasteiger partial charge in [0.25, 0.3) is 0 Å². The number of hydrogen-bond acceptors (Lipinski definition) is 4. The average molecular weight is 578 g/mol. The van der Waals surface area contributed by atoms with Gasteiger partial charge in [-0.15, -0.1) is 24.0 Å². The molecule has 170 valence electrons. The minimum atomic E-state index is -3.42. The van der Waals surface area contributed by atoms with Gasteiger partial charge in [0, 0.05) is 36.4 Å². The van der Waals surface area contributed by atoms with Crippen molar-refractivity contribution in [1.82, 2.24) is 15.4 Å². The number of nitrogens with one attached hydrogen (secondary N) is 3. The monoisotopic (exact) mass is 577 g/mol. The molecule has 0 saturated carbocycles. The van der Waals surface area contributed by atoms with Crippen molar-refractivity contribution in [3.63, 3.8) is 0 Å². The molecule has 1 aliphatic heterocycles. The highest BCUT2D eigenvalue weighted by atomic mass is 127. The van der Waals surface area contributed by atoms with Crippen LogP contribution in [-0.4, -0.2) is 47.1 Å². The van der Waals surface area contributed by atoms with E-state index in [4.69, 9.17) is 11.6 Å². The zero-order valence-corrected chi connectivity index (χ0v) is 21.5. The standard InChI is InChI=1S/C21H28ClN5O2S.HI/c1-3-24-21(25-14-16-7-9-20(10-8-16)30(28,29)23-2)26-18-11-12-27(15-18)19-6-4-5-17(22)13-19;/h4-10,13,18,23H,3,11-12,14-15H2,1-2H3,(H2,24,25,26);1H. The molecule has 1 fully saturated rings. The largest absolute Gasteiger partial charge is 0.369 e. The summed E-state index contributed by atoms with van der Waals surface area (Å²) in [6.45, 7) is 5.08. The van der Waals surface area contributed by atoms with Crippen molar-refractivity contribution < 1.29 is 8.42 Å². The Morgan fingerprint density at radius 1 is 1.23 bits per heavy atom. The van der Waals surface area contributed by atoms with Crippen molar-refractivity contribution in [2.45, 2.75) is 30.8 Å². The van der Waals surface area contributed by atoms with Crippen LogP contribution in [0.5, 0.6) is 0 Å². The van der Waals surface area contributed by atoms with Gasteiger partial charge in [0.1, 0.15) is 0 Å². The second kappa shape index (κ2) is 11.9. The molecule has 3 rings (SSSR count). The van der Waals surface area contributed by atoms with Crippen LogP contribution in [0.15, 0.2) is 58.4 Å². The van der Waals surface area contributed by atoms with E-state index in [2.05, 4.69) is 31.3 Å². The lowest BCUT2D eigenvalue weighted by atomic mass is 10.2. The third-order valence-corrected chi connectivity index (χ3v) is 6.63. The summed E-state index contributed by atoms with van der Waals surface area (Å²) in [6, 6.07) is 15.0. The molecule has 0 bridgehead atoms. The maximum atomic E-state index is 11.8. The van der Waals surface area contributed by atoms with E-state index < -0.39 is 10.0 Å². The summed E-state index contributed by atoms with van der Waals surface area (Å²) in [7, 11) is -2.02. The van der Waals surface area contributed by atoms with Gasteiger partial charge >= 0.3 is 0 Å². The molecule has 2 aromatic carbocycles. The molecule has 0 radical (unpaired) electrons. The van der Waals surface area contributed by atoms with Gasteiger partial charge in [-0.05, 0) is 56.3 Å². The Bertz CT molecular complexity index is 986. The summed E-state index contributed by atoms with van der Waals surface area (Å²) in [5, 5.41) is 7.53. The molecule has 1 unspecified atom stereocenters. The zero-order chi connectivity index (χ0) is 21.6. The van der Waals surface area contributed by atoms with Gasteiger partial charge in [-0.25, -0.2) is 18.1 Å². The highest BCUT2D eigenvalue weighted by molar-refractivity contribution is 14.0. The average Bonchev–Trinajstić information content (AvgIpc) is 3.21. The van der Waals surface area contributed by atoms with Gasteiger partial charge in [0.2, 0.25) is 10.0 Å². The SMILES string of the molecule is CCNC(=NCc1ccc(S(=O)(=O)NC)cc1)NC1CCN(c2cccc(Cl)c2)C1.I. The molecular weight excluding hydrogens is 549 g/mol. The Kier molecular flexibility index (Phi) is 9.86. The van der Waals surface area contributed by atoms with E-state index in [-0.39, 0.29) is 34.9 Å². The summed E-state index contributed by atoms with van der Waals surface area (Å²) in [6.07, 6.45) is 1.01. The van der Waals surface area contributed by atoms with Crippen LogP contribution in [-0.2, 0) is 16.6 Å². The van der Waals surface area contributed by atoms with Gasteiger partial charge in [-0.3, -0.25) is 0 Å². The summed E-state index contributed by atoms with van der Waals surface area (Å²) in [5.41, 5.74) is 2.07. The van der Waals surface area contributed by atoms with Crippen LogP contribution in [0.1, 0.15) is 18.9 Å². The molecule has 0 aliphatic carbocycles. The normalized spacial score (nSPS) is 16.7. The second-order valence-corrected chi connectivity index (χ2v) is 9.43. The number of benzene rings is 2. The van der Waals surface area contributed by atoms with Crippen LogP contribution in [0.2, 0.25) is 5.02 Å². The molecule has 0 amide bonds. The Morgan fingerprint density at radius 3 is 2.61 bits per heavy atom. The lowest BCUT2D eigenvalue weighted by Crippen LogP contribution is -2.44. The quantitative estimate of drug-likeness (QED) is 0.267. The number of nitrogens with zero attached hydrogens (tertiary/aromatic N) is 2. The molecule has 2 aromatic rings. The van der Waals surface area contributed by atoms with Crippen LogP contribution in [0.4, 0.5) is 5.69 Å². The number of guanidine groups is 1. The summed E-state index contributed by atoms with van der Waals surface area (Å²) < 4.78 is 26.0. The molecule has 1 saturated heterocycles. The number of hydrogen-bond donors (Lipinski definition) is 3. The van der Waals surface area contributed by atoms with E-state index in [1.54, 1.807) is 24.3 Å². The van der Waals surface area contributed by atoms with Crippen molar-refractivity contribution in [2.75, 3.05) is 31.6 Å².